The van der Waals surface area contributed by atoms with E-state index in [1.165, 1.54) is 11.9 Å². The molecule has 3 aliphatic rings. The molecule has 3 aliphatic carbocycles. The zero-order valence-electron chi connectivity index (χ0n) is 19.0. The molecular formula is C23H31N3O7. The van der Waals surface area contributed by atoms with Gasteiger partial charge in [-0.15, -0.1) is 10.1 Å². The maximum absolute atomic E-state index is 12.3. The maximum atomic E-state index is 12.3. The Balaban J connectivity index is 1.49. The van der Waals surface area contributed by atoms with Gasteiger partial charge >= 0.3 is 0 Å². The number of fused-ring (bicyclic) bond motifs is 5. The molecule has 0 radical (unpaired) electrons. The molecule has 10 heteroatoms. The van der Waals surface area contributed by atoms with Gasteiger partial charge in [-0.25, -0.2) is 0 Å². The summed E-state index contributed by atoms with van der Waals surface area (Å²) in [5, 5.41) is 34.4. The van der Waals surface area contributed by atoms with Crippen molar-refractivity contribution in [2.24, 2.45) is 22.4 Å². The predicted octanol–water partition coefficient (Wildman–Crippen LogP) is 2.45. The fourth-order valence-electron chi connectivity index (χ4n) is 6.12. The highest BCUT2D eigenvalue weighted by Gasteiger charge is 2.55. The van der Waals surface area contributed by atoms with E-state index in [0.29, 0.717) is 29.9 Å². The molecule has 0 unspecified atom stereocenters. The summed E-state index contributed by atoms with van der Waals surface area (Å²) in [5.74, 6) is 0.821. The van der Waals surface area contributed by atoms with Gasteiger partial charge in [0.1, 0.15) is 12.4 Å². The first kappa shape index (κ1) is 23.3. The number of oxime groups is 1. The van der Waals surface area contributed by atoms with Crippen molar-refractivity contribution in [3.63, 3.8) is 0 Å². The van der Waals surface area contributed by atoms with Crippen LogP contribution < -0.4 is 0 Å². The van der Waals surface area contributed by atoms with Gasteiger partial charge in [-0.2, -0.15) is 0 Å². The molecule has 0 heterocycles. The van der Waals surface area contributed by atoms with E-state index in [0.717, 1.165) is 36.8 Å². The molecule has 1 amide bonds. The third kappa shape index (κ3) is 4.48. The van der Waals surface area contributed by atoms with Crippen LogP contribution in [0.5, 0.6) is 5.75 Å². The summed E-state index contributed by atoms with van der Waals surface area (Å²) in [6.07, 6.45) is 4.14. The quantitative estimate of drug-likeness (QED) is 0.470. The van der Waals surface area contributed by atoms with Crippen molar-refractivity contribution >= 4 is 11.6 Å². The molecule has 0 bridgehead atoms. The van der Waals surface area contributed by atoms with E-state index in [-0.39, 0.29) is 42.9 Å². The number of nitrogens with zero attached hydrogens (tertiary/aromatic N) is 3. The lowest BCUT2D eigenvalue weighted by Crippen LogP contribution is -2.45. The second kappa shape index (κ2) is 9.17. The van der Waals surface area contributed by atoms with Crippen molar-refractivity contribution in [2.45, 2.75) is 51.0 Å². The van der Waals surface area contributed by atoms with E-state index >= 15 is 0 Å². The van der Waals surface area contributed by atoms with Gasteiger partial charge in [0.15, 0.2) is 6.61 Å². The van der Waals surface area contributed by atoms with Crippen molar-refractivity contribution in [1.82, 2.24) is 4.90 Å². The molecule has 2 fully saturated rings. The molecule has 180 valence electrons. The van der Waals surface area contributed by atoms with Gasteiger partial charge in [-0.1, -0.05) is 18.1 Å². The molecule has 0 spiro atoms. The lowest BCUT2D eigenvalue weighted by molar-refractivity contribution is -0.757. The summed E-state index contributed by atoms with van der Waals surface area (Å²) in [6.45, 7) is 1.73. The molecule has 0 saturated heterocycles. The smallest absolute Gasteiger partial charge is 0.294 e. The van der Waals surface area contributed by atoms with Crippen LogP contribution in [-0.4, -0.2) is 64.7 Å². The maximum Gasteiger partial charge on any atom is 0.294 e. The Kier molecular flexibility index (Phi) is 6.47. The Morgan fingerprint density at radius 1 is 1.36 bits per heavy atom. The number of aromatic hydroxyl groups is 1. The van der Waals surface area contributed by atoms with Gasteiger partial charge in [0, 0.05) is 19.2 Å². The number of likely N-dealkylation sites (N-methyl/N-ethyl adjacent to an activating group) is 1. The molecule has 2 saturated carbocycles. The summed E-state index contributed by atoms with van der Waals surface area (Å²) in [5.41, 5.74) is 2.58. The Morgan fingerprint density at radius 3 is 2.91 bits per heavy atom. The van der Waals surface area contributed by atoms with E-state index < -0.39 is 5.09 Å². The summed E-state index contributed by atoms with van der Waals surface area (Å²) in [7, 11) is 1.51. The van der Waals surface area contributed by atoms with Crippen molar-refractivity contribution in [1.29, 1.82) is 0 Å². The van der Waals surface area contributed by atoms with Gasteiger partial charge in [0.25, 0.3) is 11.0 Å². The van der Waals surface area contributed by atoms with E-state index in [1.807, 2.05) is 6.07 Å². The van der Waals surface area contributed by atoms with E-state index in [2.05, 4.69) is 16.9 Å². The van der Waals surface area contributed by atoms with Crippen molar-refractivity contribution in [3.05, 3.63) is 39.4 Å². The number of hydrogen-bond acceptors (Lipinski definition) is 8. The monoisotopic (exact) mass is 461 g/mol. The fraction of sp³-hybridized carbons (Fsp3) is 0.652. The minimum atomic E-state index is -0.899. The van der Waals surface area contributed by atoms with Crippen LogP contribution in [0, 0.1) is 27.4 Å². The topological polar surface area (TPSA) is 135 Å². The van der Waals surface area contributed by atoms with Crippen LogP contribution in [0.1, 0.15) is 56.1 Å². The van der Waals surface area contributed by atoms with E-state index in [1.54, 1.807) is 12.1 Å². The van der Waals surface area contributed by atoms with Crippen LogP contribution >= 0.6 is 0 Å². The lowest BCUT2D eigenvalue weighted by Gasteiger charge is -2.50. The van der Waals surface area contributed by atoms with Gasteiger partial charge in [-0.05, 0) is 73.0 Å². The van der Waals surface area contributed by atoms with E-state index in [4.69, 9.17) is 4.84 Å². The molecule has 1 aromatic carbocycles. The molecule has 33 heavy (non-hydrogen) atoms. The number of amides is 1. The molecule has 5 atom stereocenters. The number of hydrogen-bond donors (Lipinski definition) is 2. The summed E-state index contributed by atoms with van der Waals surface area (Å²) >= 11 is 0. The normalized spacial score (nSPS) is 31.3. The average Bonchev–Trinajstić information content (AvgIpc) is 3.08. The largest absolute Gasteiger partial charge is 0.508 e. The van der Waals surface area contributed by atoms with Gasteiger partial charge < -0.3 is 24.8 Å². The number of phenolic OH excluding ortho intramolecular Hbond substituents is 1. The number of aliphatic hydroxyl groups excluding tert-OH is 1. The van der Waals surface area contributed by atoms with Crippen molar-refractivity contribution < 1.29 is 29.8 Å². The van der Waals surface area contributed by atoms with Gasteiger partial charge in [0.05, 0.1) is 11.8 Å². The summed E-state index contributed by atoms with van der Waals surface area (Å²) in [6, 6.07) is 5.36. The van der Waals surface area contributed by atoms with Gasteiger partial charge in [-0.3, -0.25) is 4.79 Å². The summed E-state index contributed by atoms with van der Waals surface area (Å²) in [4.78, 5) is 33.4. The second-order valence-corrected chi connectivity index (χ2v) is 9.67. The molecule has 2 N–H and O–H groups in total. The number of benzene rings is 1. The Hall–Kier alpha value is -2.88. The minimum absolute atomic E-state index is 0.0583. The third-order valence-electron chi connectivity index (χ3n) is 7.98. The highest BCUT2D eigenvalue weighted by atomic mass is 16.9. The molecule has 0 aliphatic heterocycles. The third-order valence-corrected chi connectivity index (χ3v) is 7.98. The van der Waals surface area contributed by atoms with Crippen LogP contribution in [0.15, 0.2) is 23.4 Å². The summed E-state index contributed by atoms with van der Waals surface area (Å²) < 4.78 is 0. The zero-order chi connectivity index (χ0) is 23.8. The van der Waals surface area contributed by atoms with Crippen LogP contribution in [-0.2, 0) is 14.5 Å². The number of rotatable bonds is 7. The molecule has 0 aromatic heterocycles. The zero-order valence-corrected chi connectivity index (χ0v) is 19.0. The van der Waals surface area contributed by atoms with Crippen LogP contribution in [0.25, 0.3) is 0 Å². The van der Waals surface area contributed by atoms with Crippen LogP contribution in [0.4, 0.5) is 0 Å². The Morgan fingerprint density at radius 2 is 2.15 bits per heavy atom. The first-order valence-electron chi connectivity index (χ1n) is 11.4. The fourth-order valence-corrected chi connectivity index (χ4v) is 6.12. The highest BCUT2D eigenvalue weighted by molar-refractivity contribution is 6.03. The molecule has 4 rings (SSSR count). The second-order valence-electron chi connectivity index (χ2n) is 9.67. The Bertz CT molecular complexity index is 952. The SMILES string of the molecule is CN(CCO[N+](=O)[O-])C(=O)CO/N=C1\C[C@@H]2[C@H](CC[C@]3(C)[C@@H](O)CC[C@@H]23)c2ccc(O)cc21. The van der Waals surface area contributed by atoms with Crippen LogP contribution in [0.3, 0.4) is 0 Å². The van der Waals surface area contributed by atoms with Crippen molar-refractivity contribution in [3.8, 4) is 5.75 Å². The molecule has 10 nitrogen and oxygen atoms in total. The van der Waals surface area contributed by atoms with E-state index in [9.17, 15) is 25.1 Å². The number of aliphatic hydroxyl groups is 1. The van der Waals surface area contributed by atoms with Crippen LogP contribution in [0.2, 0.25) is 0 Å². The predicted molar refractivity (Wildman–Crippen MR) is 118 cm³/mol. The highest BCUT2D eigenvalue weighted by Crippen LogP contribution is 2.61. The molecular weight excluding hydrogens is 430 g/mol. The van der Waals surface area contributed by atoms with Crippen molar-refractivity contribution in [2.75, 3.05) is 26.8 Å². The number of carbonyl (C=O) groups excluding carboxylic acids is 1. The lowest BCUT2D eigenvalue weighted by atomic mass is 9.55. The standard InChI is InChI=1S/C23H31N3O7/c1-23-8-7-16-15-4-3-14(27)11-18(15)20(12-17(16)19(23)5-6-21(23)28)24-32-13-22(29)25(2)9-10-33-26(30)31/h3-4,11,16-17,19,21,27-28H,5-10,12-13H2,1-2H3/b24-20+/t16-,17-,19+,21+,23+/m1/s1. The number of carbonyl (C=O) groups is 1. The first-order chi connectivity index (χ1) is 15.7. The Labute approximate surface area is 192 Å². The minimum Gasteiger partial charge on any atom is -0.508 e. The first-order valence-corrected chi connectivity index (χ1v) is 11.4. The molecule has 1 aromatic rings. The number of phenols is 1. The van der Waals surface area contributed by atoms with Gasteiger partial charge in [0.2, 0.25) is 0 Å². The average molecular weight is 462 g/mol.